The minimum absolute atomic E-state index is 0.0750. The van der Waals surface area contributed by atoms with Crippen LogP contribution in [0.1, 0.15) is 87.6 Å². The summed E-state index contributed by atoms with van der Waals surface area (Å²) < 4.78 is 26.4. The monoisotopic (exact) mass is 745 g/mol. The molecule has 1 amide bonds. The van der Waals surface area contributed by atoms with Crippen molar-refractivity contribution in [2.24, 2.45) is 0 Å². The van der Waals surface area contributed by atoms with Gasteiger partial charge in [-0.2, -0.15) is 0 Å². The standard InChI is InChI=1S/C25H22N2O2.C19H19F2NO4/c28-25(29)20-11-10-18(12-21(20)17-8-4-5-9-17)23-15-27-24-22(23)13-19(14-26-24)16-6-2-1-3-7-16;1-3-14-10(2)16(23)5-4-15(14)17(24)9-22-19(26)18(25)11-6-12(20)8-13(21)7-11/h1-3,6-7,10-15,17H,4-5,8-9H2,(H,26,27)(H,28,29);4-8,18,23,25H,3,9H2,1-2H3,(H,22,26). The number of H-pyrrole nitrogens is 1. The lowest BCUT2D eigenvalue weighted by Crippen LogP contribution is -2.34. The number of carbonyl (C=O) groups is 3. The fourth-order valence-electron chi connectivity index (χ4n) is 7.24. The van der Waals surface area contributed by atoms with E-state index in [2.05, 4.69) is 39.6 Å². The van der Waals surface area contributed by atoms with Crippen LogP contribution in [0.3, 0.4) is 0 Å². The summed E-state index contributed by atoms with van der Waals surface area (Å²) in [7, 11) is 0. The molecule has 6 aromatic rings. The third-order valence-corrected chi connectivity index (χ3v) is 10.1. The van der Waals surface area contributed by atoms with Crippen LogP contribution in [0.15, 0.2) is 97.3 Å². The maximum absolute atomic E-state index is 13.2. The van der Waals surface area contributed by atoms with Crippen molar-refractivity contribution in [1.29, 1.82) is 0 Å². The summed E-state index contributed by atoms with van der Waals surface area (Å²) in [5.41, 5.74) is 7.88. The molecule has 2 heterocycles. The number of carboxylic acid groups (broad SMARTS) is 1. The summed E-state index contributed by atoms with van der Waals surface area (Å²) in [6.07, 6.45) is 7.04. The van der Waals surface area contributed by atoms with E-state index in [-0.39, 0.29) is 11.3 Å². The van der Waals surface area contributed by atoms with Gasteiger partial charge >= 0.3 is 5.97 Å². The van der Waals surface area contributed by atoms with Gasteiger partial charge in [-0.15, -0.1) is 0 Å². The number of rotatable bonds is 10. The summed E-state index contributed by atoms with van der Waals surface area (Å²) in [6.45, 7) is 3.12. The van der Waals surface area contributed by atoms with Crippen LogP contribution in [0.5, 0.6) is 5.75 Å². The highest BCUT2D eigenvalue weighted by Crippen LogP contribution is 2.39. The first kappa shape index (κ1) is 38.5. The Bertz CT molecular complexity index is 2350. The number of phenolic OH excluding ortho intramolecular Hbond substituents is 1. The fraction of sp³-hybridized carbons (Fsp3) is 0.227. The molecule has 4 aromatic carbocycles. The largest absolute Gasteiger partial charge is 0.508 e. The van der Waals surface area contributed by atoms with Crippen molar-refractivity contribution in [2.75, 3.05) is 6.54 Å². The number of halogens is 2. The van der Waals surface area contributed by atoms with E-state index in [0.29, 0.717) is 40.7 Å². The Hall–Kier alpha value is -6.20. The zero-order valence-corrected chi connectivity index (χ0v) is 30.4. The fourth-order valence-corrected chi connectivity index (χ4v) is 7.24. The zero-order chi connectivity index (χ0) is 39.2. The number of aromatic carboxylic acids is 1. The predicted molar refractivity (Wildman–Crippen MR) is 206 cm³/mol. The second-order valence-corrected chi connectivity index (χ2v) is 13.6. The molecule has 9 nitrogen and oxygen atoms in total. The lowest BCUT2D eigenvalue weighted by molar-refractivity contribution is -0.129. The molecule has 1 atom stereocenters. The van der Waals surface area contributed by atoms with Gasteiger partial charge in [0.2, 0.25) is 0 Å². The van der Waals surface area contributed by atoms with E-state index in [0.717, 1.165) is 63.8 Å². The summed E-state index contributed by atoms with van der Waals surface area (Å²) in [5.74, 6) is -3.63. The van der Waals surface area contributed by atoms with E-state index in [4.69, 9.17) is 0 Å². The smallest absolute Gasteiger partial charge is 0.335 e. The van der Waals surface area contributed by atoms with E-state index < -0.39 is 41.9 Å². The quantitative estimate of drug-likeness (QED) is 0.0879. The Balaban J connectivity index is 0.000000189. The second kappa shape index (κ2) is 16.9. The van der Waals surface area contributed by atoms with Gasteiger partial charge in [0.05, 0.1) is 12.1 Å². The number of aromatic hydroxyl groups is 1. The highest BCUT2D eigenvalue weighted by atomic mass is 19.1. The van der Waals surface area contributed by atoms with E-state index in [1.807, 2.05) is 43.6 Å². The molecular formula is C44H41F2N3O6. The molecule has 1 aliphatic rings. The third kappa shape index (κ3) is 8.63. The highest BCUT2D eigenvalue weighted by Gasteiger charge is 2.24. The molecule has 0 aliphatic heterocycles. The van der Waals surface area contributed by atoms with Crippen LogP contribution in [0.25, 0.3) is 33.3 Å². The Morgan fingerprint density at radius 1 is 0.891 bits per heavy atom. The van der Waals surface area contributed by atoms with Gasteiger partial charge in [0.25, 0.3) is 5.91 Å². The van der Waals surface area contributed by atoms with Gasteiger partial charge < -0.3 is 25.6 Å². The van der Waals surface area contributed by atoms with E-state index in [1.165, 1.54) is 25.0 Å². The molecule has 7 rings (SSSR count). The van der Waals surface area contributed by atoms with Crippen molar-refractivity contribution in [2.45, 2.75) is 58.0 Å². The molecule has 1 aliphatic carbocycles. The van der Waals surface area contributed by atoms with E-state index >= 15 is 0 Å². The molecular weight excluding hydrogens is 704 g/mol. The number of aromatic nitrogens is 2. The SMILES string of the molecule is CCc1c(C(=O)CNC(=O)C(O)c2cc(F)cc(F)c2)ccc(O)c1C.O=C(O)c1ccc(-c2c[nH]c3ncc(-c4ccccc4)cc23)cc1C1CCCC1. The number of carboxylic acids is 1. The molecule has 11 heteroatoms. The van der Waals surface area contributed by atoms with Gasteiger partial charge in [0, 0.05) is 40.5 Å². The number of ketones is 1. The minimum Gasteiger partial charge on any atom is -0.508 e. The van der Waals surface area contributed by atoms with Gasteiger partial charge in [-0.3, -0.25) is 9.59 Å². The topological polar surface area (TPSA) is 153 Å². The first-order valence-corrected chi connectivity index (χ1v) is 18.1. The van der Waals surface area contributed by atoms with Gasteiger partial charge in [-0.05, 0) is 108 Å². The Morgan fingerprint density at radius 3 is 2.25 bits per heavy atom. The zero-order valence-electron chi connectivity index (χ0n) is 30.4. The van der Waals surface area contributed by atoms with Crippen LogP contribution < -0.4 is 5.32 Å². The van der Waals surface area contributed by atoms with E-state index in [1.54, 1.807) is 13.0 Å². The molecule has 2 aromatic heterocycles. The first-order chi connectivity index (χ1) is 26.4. The number of pyridine rings is 1. The normalized spacial score (nSPS) is 13.3. The Morgan fingerprint density at radius 2 is 1.58 bits per heavy atom. The summed E-state index contributed by atoms with van der Waals surface area (Å²) in [6, 6.07) is 23.3. The number of aliphatic hydroxyl groups is 1. The molecule has 282 valence electrons. The number of Topliss-reactive ketones (excluding diaryl/α,β-unsaturated/α-hetero) is 1. The maximum Gasteiger partial charge on any atom is 0.335 e. The molecule has 55 heavy (non-hydrogen) atoms. The molecule has 1 unspecified atom stereocenters. The summed E-state index contributed by atoms with van der Waals surface area (Å²) in [4.78, 5) is 44.0. The number of phenols is 1. The number of carbonyl (C=O) groups excluding carboxylic acids is 2. The van der Waals surface area contributed by atoms with Gasteiger partial charge in [-0.25, -0.2) is 18.6 Å². The number of fused-ring (bicyclic) bond motifs is 1. The second-order valence-electron chi connectivity index (χ2n) is 13.6. The summed E-state index contributed by atoms with van der Waals surface area (Å²) in [5, 5.41) is 32.6. The van der Waals surface area contributed by atoms with Gasteiger partial charge in [0.15, 0.2) is 11.9 Å². The number of hydrogen-bond acceptors (Lipinski definition) is 6. The summed E-state index contributed by atoms with van der Waals surface area (Å²) >= 11 is 0. The number of benzene rings is 4. The van der Waals surface area contributed by atoms with Gasteiger partial charge in [0.1, 0.15) is 23.0 Å². The van der Waals surface area contributed by atoms with Crippen LogP contribution in [0, 0.1) is 18.6 Å². The van der Waals surface area contributed by atoms with Crippen LogP contribution in [0.4, 0.5) is 8.78 Å². The molecule has 5 N–H and O–H groups in total. The van der Waals surface area contributed by atoms with Crippen LogP contribution in [-0.2, 0) is 11.2 Å². The van der Waals surface area contributed by atoms with Crippen LogP contribution in [0.2, 0.25) is 0 Å². The van der Waals surface area contributed by atoms with Crippen LogP contribution >= 0.6 is 0 Å². The number of aromatic amines is 1. The van der Waals surface area contributed by atoms with Crippen molar-refractivity contribution in [3.8, 4) is 28.0 Å². The van der Waals surface area contributed by atoms with Gasteiger partial charge in [-0.1, -0.05) is 56.2 Å². The molecule has 1 saturated carbocycles. The first-order valence-electron chi connectivity index (χ1n) is 18.1. The molecule has 0 saturated heterocycles. The number of hydrogen-bond donors (Lipinski definition) is 5. The Labute approximate surface area is 316 Å². The Kier molecular flexibility index (Phi) is 11.8. The lowest BCUT2D eigenvalue weighted by atomic mass is 9.89. The number of aliphatic hydroxyl groups excluding tert-OH is 1. The molecule has 1 fully saturated rings. The van der Waals surface area contributed by atoms with Crippen molar-refractivity contribution < 1.29 is 38.5 Å². The third-order valence-electron chi connectivity index (χ3n) is 10.1. The average molecular weight is 746 g/mol. The van der Waals surface area contributed by atoms with Crippen molar-refractivity contribution in [1.82, 2.24) is 15.3 Å². The highest BCUT2D eigenvalue weighted by molar-refractivity contribution is 6.01. The van der Waals surface area contributed by atoms with Crippen molar-refractivity contribution in [3.05, 3.63) is 142 Å². The number of nitrogens with one attached hydrogen (secondary N) is 2. The van der Waals surface area contributed by atoms with E-state index in [9.17, 15) is 38.5 Å². The average Bonchev–Trinajstić information content (AvgIpc) is 3.88. The maximum atomic E-state index is 13.2. The molecule has 0 bridgehead atoms. The number of nitrogens with zero attached hydrogens (tertiary/aromatic N) is 1. The van der Waals surface area contributed by atoms with Crippen molar-refractivity contribution >= 4 is 28.7 Å². The van der Waals surface area contributed by atoms with Crippen molar-refractivity contribution in [3.63, 3.8) is 0 Å². The predicted octanol–water partition coefficient (Wildman–Crippen LogP) is 8.83. The minimum atomic E-state index is -1.81. The van der Waals surface area contributed by atoms with Crippen LogP contribution in [-0.4, -0.2) is 49.5 Å². The molecule has 0 spiro atoms. The molecule has 0 radical (unpaired) electrons. The lowest BCUT2D eigenvalue weighted by Gasteiger charge is -2.15. The number of amides is 1.